The molecule has 136 valence electrons. The van der Waals surface area contributed by atoms with E-state index in [-0.39, 0.29) is 12.6 Å². The Morgan fingerprint density at radius 2 is 1.96 bits per heavy atom. The normalized spacial score (nSPS) is 58.2. The maximum Gasteiger partial charge on any atom is 0.311 e. The molecule has 0 radical (unpaired) electrons. The predicted molar refractivity (Wildman–Crippen MR) is 75.1 cm³/mol. The Labute approximate surface area is 136 Å². The van der Waals surface area contributed by atoms with Crippen molar-refractivity contribution in [2.24, 2.45) is 16.6 Å². The van der Waals surface area contributed by atoms with Crippen molar-refractivity contribution in [2.75, 3.05) is 13.2 Å². The maximum atomic E-state index is 10.8. The molecule has 11 nitrogen and oxygen atoms in total. The summed E-state index contributed by atoms with van der Waals surface area (Å²) in [4.78, 5) is 4.11. The molecule has 3 saturated heterocycles. The fraction of sp³-hybridized carbons (Fsp3) is 0.923. The second kappa shape index (κ2) is 4.77. The second-order valence-electron chi connectivity index (χ2n) is 6.65. The summed E-state index contributed by atoms with van der Waals surface area (Å²) >= 11 is 0. The number of rotatable bonds is 3. The third kappa shape index (κ3) is 1.61. The highest BCUT2D eigenvalue weighted by Crippen LogP contribution is 2.58. The van der Waals surface area contributed by atoms with Gasteiger partial charge in [0.05, 0.1) is 12.5 Å². The maximum absolute atomic E-state index is 10.8. The molecule has 5 rings (SSSR count). The van der Waals surface area contributed by atoms with Crippen molar-refractivity contribution in [3.63, 3.8) is 0 Å². The summed E-state index contributed by atoms with van der Waals surface area (Å²) in [6.45, 7) is 1.17. The van der Waals surface area contributed by atoms with Crippen molar-refractivity contribution < 1.29 is 39.7 Å². The number of hydrogen-bond acceptors (Lipinski definition) is 11. The first-order valence-electron chi connectivity index (χ1n) is 7.75. The molecule has 1 spiro atoms. The van der Waals surface area contributed by atoms with Gasteiger partial charge in [-0.3, -0.25) is 0 Å². The molecule has 0 aromatic carbocycles. The van der Waals surface area contributed by atoms with Crippen molar-refractivity contribution >= 4 is 5.96 Å². The van der Waals surface area contributed by atoms with Gasteiger partial charge < -0.3 is 50.8 Å². The van der Waals surface area contributed by atoms with Crippen molar-refractivity contribution in [3.05, 3.63) is 0 Å². The molecular formula is C13H21N3O8. The molecule has 9 atom stereocenters. The Kier molecular flexibility index (Phi) is 3.26. The van der Waals surface area contributed by atoms with Crippen molar-refractivity contribution in [2.45, 2.75) is 54.7 Å². The van der Waals surface area contributed by atoms with Crippen LogP contribution < -0.4 is 11.1 Å². The van der Waals surface area contributed by atoms with Crippen molar-refractivity contribution in [3.8, 4) is 0 Å². The fourth-order valence-corrected chi connectivity index (χ4v) is 4.53. The van der Waals surface area contributed by atoms with Gasteiger partial charge in [-0.15, -0.1) is 0 Å². The van der Waals surface area contributed by atoms with Gasteiger partial charge in [0.15, 0.2) is 18.3 Å². The lowest BCUT2D eigenvalue weighted by Gasteiger charge is -2.71. The van der Waals surface area contributed by atoms with Gasteiger partial charge in [-0.2, -0.15) is 0 Å². The SMILES string of the molecule is CCO[C@H]1N=C(N)N[C@]23C1C1OC(O)(OC([C@H]2O)[C@]1(O)CO)[C@H]3O. The molecule has 8 N–H and O–H groups in total. The summed E-state index contributed by atoms with van der Waals surface area (Å²) < 4.78 is 16.1. The lowest BCUT2D eigenvalue weighted by molar-refractivity contribution is -0.548. The lowest BCUT2D eigenvalue weighted by Crippen LogP contribution is -2.95. The number of nitrogens with zero attached hydrogens (tertiary/aromatic N) is 1. The van der Waals surface area contributed by atoms with Crippen LogP contribution in [-0.4, -0.2) is 92.5 Å². The van der Waals surface area contributed by atoms with Crippen LogP contribution in [0, 0.1) is 5.92 Å². The number of guanidine groups is 1. The van der Waals surface area contributed by atoms with E-state index in [9.17, 15) is 25.5 Å². The number of aliphatic hydroxyl groups excluding tert-OH is 3. The highest BCUT2D eigenvalue weighted by atomic mass is 16.9. The Hall–Kier alpha value is -1.05. The number of aliphatic imine (C=N–C) groups is 1. The molecule has 4 bridgehead atoms. The van der Waals surface area contributed by atoms with Gasteiger partial charge in [0, 0.05) is 6.61 Å². The minimum Gasteiger partial charge on any atom is -0.393 e. The van der Waals surface area contributed by atoms with Gasteiger partial charge in [-0.05, 0) is 6.92 Å². The molecule has 0 aromatic heterocycles. The predicted octanol–water partition coefficient (Wildman–Crippen LogP) is -4.48. The van der Waals surface area contributed by atoms with Gasteiger partial charge in [0.2, 0.25) is 0 Å². The topological polar surface area (TPSA) is 179 Å². The Morgan fingerprint density at radius 1 is 1.29 bits per heavy atom. The number of hydrogen-bond donors (Lipinski definition) is 7. The Bertz CT molecular complexity index is 592. The molecule has 0 aromatic rings. The van der Waals surface area contributed by atoms with Crippen LogP contribution in [0.15, 0.2) is 4.99 Å². The molecule has 0 amide bonds. The zero-order chi connectivity index (χ0) is 17.5. The largest absolute Gasteiger partial charge is 0.393 e. The van der Waals surface area contributed by atoms with Crippen LogP contribution in [0.3, 0.4) is 0 Å². The van der Waals surface area contributed by atoms with E-state index in [1.165, 1.54) is 0 Å². The molecule has 4 aliphatic heterocycles. The highest BCUT2D eigenvalue weighted by Gasteiger charge is 2.83. The first-order valence-corrected chi connectivity index (χ1v) is 7.75. The average molecular weight is 347 g/mol. The summed E-state index contributed by atoms with van der Waals surface area (Å²) in [7, 11) is 0. The molecule has 24 heavy (non-hydrogen) atoms. The third-order valence-corrected chi connectivity index (χ3v) is 5.54. The van der Waals surface area contributed by atoms with Crippen molar-refractivity contribution in [1.82, 2.24) is 5.32 Å². The first kappa shape index (κ1) is 16.4. The monoisotopic (exact) mass is 347 g/mol. The quantitative estimate of drug-likeness (QED) is 0.263. The average Bonchev–Trinajstić information content (AvgIpc) is 2.53. The van der Waals surface area contributed by atoms with Crippen LogP contribution in [0.4, 0.5) is 0 Å². The zero-order valence-electron chi connectivity index (χ0n) is 12.9. The van der Waals surface area contributed by atoms with E-state index in [4.69, 9.17) is 19.9 Å². The van der Waals surface area contributed by atoms with Gasteiger partial charge in [0.25, 0.3) is 0 Å². The Balaban J connectivity index is 1.91. The second-order valence-corrected chi connectivity index (χ2v) is 6.65. The summed E-state index contributed by atoms with van der Waals surface area (Å²) in [5.41, 5.74) is 2.15. The van der Waals surface area contributed by atoms with Crippen molar-refractivity contribution in [1.29, 1.82) is 0 Å². The van der Waals surface area contributed by atoms with Crippen LogP contribution in [-0.2, 0) is 14.2 Å². The summed E-state index contributed by atoms with van der Waals surface area (Å²) in [6, 6.07) is 0. The Morgan fingerprint density at radius 3 is 2.58 bits per heavy atom. The number of nitrogens with one attached hydrogen (secondary N) is 1. The standard InChI is InChI=1S/C13H21N3O8/c1-2-22-8-4-6-11(20,3-17)7-5(18)12(4,16-10(14)15-8)9(19)13(21,23-6)24-7/h4-9,17-21H,2-3H2,1H3,(H3,14,15,16)/t4?,5-,6?,7?,8-,9+,11+,12-,13?/m1/s1. The smallest absolute Gasteiger partial charge is 0.311 e. The van der Waals surface area contributed by atoms with Crippen LogP contribution in [0.1, 0.15) is 6.92 Å². The zero-order valence-corrected chi connectivity index (χ0v) is 12.9. The van der Waals surface area contributed by atoms with E-state index in [0.29, 0.717) is 0 Å². The molecule has 4 heterocycles. The van der Waals surface area contributed by atoms with Gasteiger partial charge in [-0.25, -0.2) is 4.99 Å². The number of ether oxygens (including phenoxy) is 3. The molecule has 1 saturated carbocycles. The molecule has 5 aliphatic rings. The van der Waals surface area contributed by atoms with E-state index in [0.717, 1.165) is 0 Å². The fourth-order valence-electron chi connectivity index (χ4n) is 4.53. The van der Waals surface area contributed by atoms with Gasteiger partial charge in [-0.1, -0.05) is 0 Å². The molecule has 4 fully saturated rings. The van der Waals surface area contributed by atoms with E-state index >= 15 is 0 Å². The van der Waals surface area contributed by atoms with E-state index < -0.39 is 60.3 Å². The van der Waals surface area contributed by atoms with E-state index in [1.54, 1.807) is 6.92 Å². The van der Waals surface area contributed by atoms with Crippen LogP contribution >= 0.6 is 0 Å². The molecular weight excluding hydrogens is 326 g/mol. The minimum absolute atomic E-state index is 0.0964. The number of aliphatic hydroxyl groups is 5. The van der Waals surface area contributed by atoms with Gasteiger partial charge >= 0.3 is 5.97 Å². The summed E-state index contributed by atoms with van der Waals surface area (Å²) in [5.74, 6) is -3.50. The van der Waals surface area contributed by atoms with Gasteiger partial charge in [0.1, 0.15) is 29.5 Å². The molecule has 11 heteroatoms. The summed E-state index contributed by atoms with van der Waals surface area (Å²) in [5, 5.41) is 55.2. The highest BCUT2D eigenvalue weighted by molar-refractivity contribution is 5.80. The van der Waals surface area contributed by atoms with Crippen LogP contribution in [0.25, 0.3) is 0 Å². The first-order chi connectivity index (χ1) is 11.2. The lowest BCUT2D eigenvalue weighted by atomic mass is 9.55. The van der Waals surface area contributed by atoms with Crippen LogP contribution in [0.2, 0.25) is 0 Å². The molecule has 1 aliphatic carbocycles. The summed E-state index contributed by atoms with van der Waals surface area (Å²) in [6.07, 6.45) is -6.86. The third-order valence-electron chi connectivity index (χ3n) is 5.54. The molecule has 4 unspecified atom stereocenters. The van der Waals surface area contributed by atoms with E-state index in [1.807, 2.05) is 0 Å². The van der Waals surface area contributed by atoms with E-state index in [2.05, 4.69) is 10.3 Å². The van der Waals surface area contributed by atoms with Crippen LogP contribution in [0.5, 0.6) is 0 Å². The number of nitrogens with two attached hydrogens (primary N) is 1. The minimum atomic E-state index is -2.46.